The minimum Gasteiger partial charge on any atom is -0.378 e. The predicted octanol–water partition coefficient (Wildman–Crippen LogP) is 11.3. The summed E-state index contributed by atoms with van der Waals surface area (Å²) in [5.74, 6) is 0.842. The van der Waals surface area contributed by atoms with Gasteiger partial charge in [0.05, 0.1) is 22.9 Å². The van der Waals surface area contributed by atoms with Crippen molar-refractivity contribution >= 4 is 28.0 Å². The van der Waals surface area contributed by atoms with Crippen LogP contribution in [0.1, 0.15) is 80.7 Å². The van der Waals surface area contributed by atoms with Gasteiger partial charge in [0.15, 0.2) is 0 Å². The molecule has 2 N–H and O–H groups in total. The Kier molecular flexibility index (Phi) is 11.9. The summed E-state index contributed by atoms with van der Waals surface area (Å²) >= 11 is 0. The molecule has 1 unspecified atom stereocenters. The summed E-state index contributed by atoms with van der Waals surface area (Å²) in [7, 11) is 0. The minimum absolute atomic E-state index is 0. The molecule has 222 valence electrons. The molecule has 0 saturated heterocycles. The molecule has 0 bridgehead atoms. The Morgan fingerprint density at radius 1 is 0.721 bits per heavy atom. The van der Waals surface area contributed by atoms with Crippen LogP contribution in [0.5, 0.6) is 0 Å². The van der Waals surface area contributed by atoms with Gasteiger partial charge in [-0.15, -0.1) is 0 Å². The quantitative estimate of drug-likeness (QED) is 0.129. The summed E-state index contributed by atoms with van der Waals surface area (Å²) in [4.78, 5) is 5.35. The maximum Gasteiger partial charge on any atom is 0.0944 e. The van der Waals surface area contributed by atoms with Crippen LogP contribution in [0.4, 0.5) is 17.1 Å². The van der Waals surface area contributed by atoms with Crippen molar-refractivity contribution in [2.24, 2.45) is 0 Å². The number of aromatic nitrogens is 1. The Morgan fingerprint density at radius 3 is 2.09 bits per heavy atom. The summed E-state index contributed by atoms with van der Waals surface area (Å²) in [6.45, 7) is 9.07. The van der Waals surface area contributed by atoms with Gasteiger partial charge >= 0.3 is 0 Å². The number of benzene rings is 4. The third-order valence-corrected chi connectivity index (χ3v) is 8.23. The van der Waals surface area contributed by atoms with E-state index < -0.39 is 0 Å². The van der Waals surface area contributed by atoms with Crippen molar-refractivity contribution in [3.05, 3.63) is 134 Å². The molecule has 4 heteroatoms. The van der Waals surface area contributed by atoms with Gasteiger partial charge in [0, 0.05) is 48.2 Å². The number of nitrogens with one attached hydrogen (secondary N) is 2. The van der Waals surface area contributed by atoms with E-state index >= 15 is 0 Å². The molecule has 1 aromatic heterocycles. The van der Waals surface area contributed by atoms with Gasteiger partial charge in [-0.3, -0.25) is 0 Å². The van der Waals surface area contributed by atoms with Crippen molar-refractivity contribution < 1.29 is 25.8 Å². The van der Waals surface area contributed by atoms with Crippen LogP contribution >= 0.6 is 0 Å². The summed E-state index contributed by atoms with van der Waals surface area (Å²) in [6, 6.07) is 35.1. The Balaban J connectivity index is 0.00000169. The topological polar surface area (TPSA) is 37.0 Å². The van der Waals surface area contributed by atoms with Crippen LogP contribution in [-0.4, -0.2) is 4.98 Å². The fraction of sp³-hybridized carbons (Fsp3) is 0.256. The summed E-state index contributed by atoms with van der Waals surface area (Å²) in [5, 5.41) is 8.82. The van der Waals surface area contributed by atoms with E-state index in [1.807, 2.05) is 0 Å². The number of pyridine rings is 1. The van der Waals surface area contributed by atoms with Gasteiger partial charge in [-0.05, 0) is 77.6 Å². The average Bonchev–Trinajstić information content (AvgIpc) is 2.97. The average molecular weight is 734 g/mol. The van der Waals surface area contributed by atoms with E-state index in [0.29, 0.717) is 11.8 Å². The molecule has 1 aliphatic carbocycles. The molecular weight excluding hydrogens is 689 g/mol. The number of anilines is 3. The Morgan fingerprint density at radius 2 is 1.40 bits per heavy atom. The van der Waals surface area contributed by atoms with Crippen molar-refractivity contribution in [2.45, 2.75) is 64.8 Å². The van der Waals surface area contributed by atoms with Gasteiger partial charge in [-0.2, -0.15) is 0 Å². The van der Waals surface area contributed by atoms with E-state index in [1.165, 1.54) is 39.9 Å². The molecule has 3 nitrogen and oxygen atoms in total. The predicted molar refractivity (Wildman–Crippen MR) is 184 cm³/mol. The van der Waals surface area contributed by atoms with E-state index in [4.69, 9.17) is 4.98 Å². The van der Waals surface area contributed by atoms with Crippen LogP contribution in [0, 0.1) is 14.9 Å². The maximum absolute atomic E-state index is 5.35. The molecule has 5 aromatic rings. The van der Waals surface area contributed by atoms with Crippen LogP contribution in [0.15, 0.2) is 97.1 Å². The normalized spacial score (nSPS) is 13.9. The molecule has 0 spiro atoms. The minimum atomic E-state index is 0. The van der Waals surface area contributed by atoms with E-state index in [1.54, 1.807) is 0 Å². The van der Waals surface area contributed by atoms with E-state index in [0.717, 1.165) is 40.8 Å². The van der Waals surface area contributed by atoms with E-state index in [9.17, 15) is 0 Å². The smallest absolute Gasteiger partial charge is 0.0944 e. The van der Waals surface area contributed by atoms with Crippen molar-refractivity contribution in [1.29, 1.82) is 0 Å². The molecule has 1 heterocycles. The number of aryl methyl sites for hydroxylation is 1. The van der Waals surface area contributed by atoms with Gasteiger partial charge in [0.2, 0.25) is 0 Å². The number of para-hydroxylation sites is 3. The zero-order chi connectivity index (χ0) is 27.6. The first-order valence-electron chi connectivity index (χ1n) is 14.7. The van der Waals surface area contributed by atoms with Crippen LogP contribution in [-0.2, 0) is 32.3 Å². The van der Waals surface area contributed by atoms with Crippen LogP contribution in [0.2, 0.25) is 0 Å². The SMILES string of the molecule is CC(C)c1cccc(C(C)C)c1Nc1cccc2ccc(-c3cccc4c3C(Nc3ccccc3)CCC4)nc12.[CH3-].[CH3-].[Hf]. The number of nitrogens with zero attached hydrogens (tertiary/aromatic N) is 1. The Labute approximate surface area is 278 Å². The third kappa shape index (κ3) is 7.12. The fourth-order valence-electron chi connectivity index (χ4n) is 6.21. The first-order valence-corrected chi connectivity index (χ1v) is 14.7. The van der Waals surface area contributed by atoms with Gasteiger partial charge in [0.1, 0.15) is 0 Å². The zero-order valence-electron chi connectivity index (χ0n) is 26.5. The molecule has 0 saturated carbocycles. The first kappa shape index (κ1) is 34.3. The molecule has 43 heavy (non-hydrogen) atoms. The Hall–Kier alpha value is -3.24. The maximum atomic E-state index is 5.35. The molecule has 1 atom stereocenters. The molecule has 0 amide bonds. The molecule has 6 rings (SSSR count). The Bertz CT molecular complexity index is 1620. The van der Waals surface area contributed by atoms with Crippen molar-refractivity contribution in [3.8, 4) is 11.3 Å². The van der Waals surface area contributed by atoms with Gasteiger partial charge in [-0.25, -0.2) is 4.98 Å². The molecule has 0 fully saturated rings. The molecule has 0 aliphatic heterocycles. The van der Waals surface area contributed by atoms with Crippen LogP contribution in [0.3, 0.4) is 0 Å². The second kappa shape index (κ2) is 15.0. The van der Waals surface area contributed by atoms with Crippen LogP contribution < -0.4 is 10.6 Å². The molecule has 4 aromatic carbocycles. The molecular formula is C39H45HfN3-2. The largest absolute Gasteiger partial charge is 0.378 e. The number of hydrogen-bond acceptors (Lipinski definition) is 3. The number of rotatable bonds is 7. The van der Waals surface area contributed by atoms with Crippen molar-refractivity contribution in [2.75, 3.05) is 10.6 Å². The van der Waals surface area contributed by atoms with Crippen LogP contribution in [0.25, 0.3) is 22.2 Å². The van der Waals surface area contributed by atoms with Crippen molar-refractivity contribution in [1.82, 2.24) is 4.98 Å². The number of hydrogen-bond donors (Lipinski definition) is 2. The molecule has 1 aliphatic rings. The number of fused-ring (bicyclic) bond motifs is 2. The fourth-order valence-corrected chi connectivity index (χ4v) is 6.21. The summed E-state index contributed by atoms with van der Waals surface area (Å²) < 4.78 is 0. The van der Waals surface area contributed by atoms with Gasteiger partial charge in [0.25, 0.3) is 0 Å². The molecule has 0 radical (unpaired) electrons. The summed E-state index contributed by atoms with van der Waals surface area (Å²) in [5.41, 5.74) is 12.2. The van der Waals surface area contributed by atoms with Crippen molar-refractivity contribution in [3.63, 3.8) is 0 Å². The van der Waals surface area contributed by atoms with Gasteiger partial charge < -0.3 is 25.5 Å². The summed E-state index contributed by atoms with van der Waals surface area (Å²) in [6.07, 6.45) is 3.41. The first-order chi connectivity index (χ1) is 19.5. The standard InChI is InChI=1S/C37H39N3.2CH3.Hf/c1-24(2)29-17-11-18-30(25(3)4)37(29)40-34-21-10-14-27-22-23-32(39-36(27)34)31-19-8-12-26-13-9-20-33(35(26)31)38-28-15-6-5-7-16-28;;;/h5-8,10-12,14-19,21-25,33,38,40H,9,13,20H2,1-4H3;2*1H3;/q;2*-1;. The van der Waals surface area contributed by atoms with E-state index in [-0.39, 0.29) is 46.7 Å². The second-order valence-corrected chi connectivity index (χ2v) is 11.7. The monoisotopic (exact) mass is 735 g/mol. The van der Waals surface area contributed by atoms with E-state index in [2.05, 4.69) is 135 Å². The van der Waals surface area contributed by atoms with Gasteiger partial charge in [-0.1, -0.05) is 100 Å². The second-order valence-electron chi connectivity index (χ2n) is 11.7. The third-order valence-electron chi connectivity index (χ3n) is 8.23. The zero-order valence-corrected chi connectivity index (χ0v) is 30.1.